The van der Waals surface area contributed by atoms with Gasteiger partial charge in [-0.1, -0.05) is 63.7 Å². The quantitative estimate of drug-likeness (QED) is 0.236. The molecule has 134 valence electrons. The highest BCUT2D eigenvalue weighted by Crippen LogP contribution is 2.18. The van der Waals surface area contributed by atoms with Gasteiger partial charge in [0.1, 0.15) is 5.75 Å². The Hall–Kier alpha value is -1.57. The van der Waals surface area contributed by atoms with Crippen molar-refractivity contribution in [1.29, 1.82) is 0 Å². The zero-order chi connectivity index (χ0) is 17.5. The number of hydrogen-bond acceptors (Lipinski definition) is 2. The minimum absolute atomic E-state index is 0.0994. The molecule has 0 spiro atoms. The lowest BCUT2D eigenvalue weighted by atomic mass is 10.0. The summed E-state index contributed by atoms with van der Waals surface area (Å²) in [6.45, 7) is 2.26. The number of carbonyl (C=O) groups is 1. The summed E-state index contributed by atoms with van der Waals surface area (Å²) in [4.78, 5) is 10.7. The minimum Gasteiger partial charge on any atom is -0.507 e. The largest absolute Gasteiger partial charge is 0.507 e. The number of allylic oxidation sites excluding steroid dienone is 2. The van der Waals surface area contributed by atoms with Gasteiger partial charge in [0, 0.05) is 0 Å². The smallest absolute Gasteiger partial charge is 0.153 e. The van der Waals surface area contributed by atoms with E-state index in [2.05, 4.69) is 19.1 Å². The molecule has 0 radical (unpaired) electrons. The van der Waals surface area contributed by atoms with E-state index < -0.39 is 0 Å². The van der Waals surface area contributed by atoms with Gasteiger partial charge in [-0.15, -0.1) is 0 Å². The molecule has 2 heteroatoms. The summed E-state index contributed by atoms with van der Waals surface area (Å²) in [6, 6.07) is 5.35. The molecule has 0 heterocycles. The molecule has 1 aromatic rings. The van der Waals surface area contributed by atoms with Crippen LogP contribution >= 0.6 is 0 Å². The Balaban J connectivity index is 1.97. The Morgan fingerprint density at radius 3 is 2.08 bits per heavy atom. The fourth-order valence-corrected chi connectivity index (χ4v) is 2.89. The number of aryl methyl sites for hydroxylation is 1. The van der Waals surface area contributed by atoms with Crippen LogP contribution in [0.5, 0.6) is 5.75 Å². The Morgan fingerprint density at radius 2 is 1.50 bits per heavy atom. The van der Waals surface area contributed by atoms with Crippen LogP contribution in [0.15, 0.2) is 30.4 Å². The van der Waals surface area contributed by atoms with Gasteiger partial charge in [0.25, 0.3) is 0 Å². The van der Waals surface area contributed by atoms with E-state index in [1.165, 1.54) is 64.2 Å². The molecule has 2 nitrogen and oxygen atoms in total. The standard InChI is InChI=1S/C22H34O2/c1-2-3-4-5-6-7-8-9-10-11-12-13-14-15-20-16-17-21(19-23)22(24)18-20/h8-9,16-19,24H,2-7,10-15H2,1H3/b9-8-. The second kappa shape index (κ2) is 13.8. The molecule has 0 unspecified atom stereocenters. The first-order valence-corrected chi connectivity index (χ1v) is 9.70. The lowest BCUT2D eigenvalue weighted by Gasteiger charge is -2.04. The van der Waals surface area contributed by atoms with Gasteiger partial charge >= 0.3 is 0 Å². The van der Waals surface area contributed by atoms with Gasteiger partial charge < -0.3 is 5.11 Å². The Kier molecular flexibility index (Phi) is 11.8. The summed E-state index contributed by atoms with van der Waals surface area (Å²) in [6.07, 6.45) is 20.5. The van der Waals surface area contributed by atoms with Gasteiger partial charge in [-0.2, -0.15) is 0 Å². The SMILES string of the molecule is CCCCCCC/C=C\CCCCCCc1ccc(C=O)c(O)c1. The van der Waals surface area contributed by atoms with Crippen molar-refractivity contribution in [3.05, 3.63) is 41.5 Å². The van der Waals surface area contributed by atoms with E-state index in [0.29, 0.717) is 11.8 Å². The molecular weight excluding hydrogens is 296 g/mol. The van der Waals surface area contributed by atoms with Crippen molar-refractivity contribution >= 4 is 6.29 Å². The van der Waals surface area contributed by atoms with E-state index >= 15 is 0 Å². The third-order valence-corrected chi connectivity index (χ3v) is 4.45. The first kappa shape index (κ1) is 20.5. The Bertz CT molecular complexity index is 477. The number of phenols is 1. The molecule has 1 aromatic carbocycles. The van der Waals surface area contributed by atoms with E-state index in [0.717, 1.165) is 18.4 Å². The van der Waals surface area contributed by atoms with Crippen molar-refractivity contribution in [2.45, 2.75) is 84.0 Å². The molecule has 1 rings (SSSR count). The molecule has 0 saturated heterocycles. The third-order valence-electron chi connectivity index (χ3n) is 4.45. The zero-order valence-electron chi connectivity index (χ0n) is 15.3. The number of rotatable bonds is 14. The highest BCUT2D eigenvalue weighted by atomic mass is 16.3. The molecule has 1 N–H and O–H groups in total. The van der Waals surface area contributed by atoms with Crippen molar-refractivity contribution in [3.63, 3.8) is 0 Å². The number of aromatic hydroxyl groups is 1. The number of unbranched alkanes of at least 4 members (excludes halogenated alkanes) is 9. The topological polar surface area (TPSA) is 37.3 Å². The number of aldehydes is 1. The summed E-state index contributed by atoms with van der Waals surface area (Å²) < 4.78 is 0. The van der Waals surface area contributed by atoms with Crippen LogP contribution in [0.1, 0.15) is 93.5 Å². The van der Waals surface area contributed by atoms with Crippen LogP contribution in [0.25, 0.3) is 0 Å². The summed E-state index contributed by atoms with van der Waals surface area (Å²) in [5, 5.41) is 9.66. The van der Waals surface area contributed by atoms with Crippen LogP contribution in [0.2, 0.25) is 0 Å². The molecule has 0 amide bonds. The van der Waals surface area contributed by atoms with Crippen molar-refractivity contribution in [1.82, 2.24) is 0 Å². The van der Waals surface area contributed by atoms with Crippen LogP contribution in [0, 0.1) is 0 Å². The number of phenolic OH excluding ortho intramolecular Hbond substituents is 1. The molecule has 0 fully saturated rings. The van der Waals surface area contributed by atoms with Gasteiger partial charge in [0.05, 0.1) is 5.56 Å². The molecule has 0 bridgehead atoms. The lowest BCUT2D eigenvalue weighted by Crippen LogP contribution is -1.88. The van der Waals surface area contributed by atoms with Gasteiger partial charge in [-0.3, -0.25) is 4.79 Å². The molecule has 0 aliphatic rings. The van der Waals surface area contributed by atoms with Crippen LogP contribution in [-0.2, 0) is 6.42 Å². The number of benzene rings is 1. The first-order chi connectivity index (χ1) is 11.8. The molecule has 0 atom stereocenters. The van der Waals surface area contributed by atoms with Crippen molar-refractivity contribution in [2.75, 3.05) is 0 Å². The lowest BCUT2D eigenvalue weighted by molar-refractivity contribution is 0.112. The predicted octanol–water partition coefficient (Wildman–Crippen LogP) is 6.61. The van der Waals surface area contributed by atoms with E-state index in [1.807, 2.05) is 6.07 Å². The highest BCUT2D eigenvalue weighted by Gasteiger charge is 2.01. The molecule has 0 saturated carbocycles. The average Bonchev–Trinajstić information content (AvgIpc) is 2.59. The van der Waals surface area contributed by atoms with Crippen LogP contribution in [0.3, 0.4) is 0 Å². The zero-order valence-corrected chi connectivity index (χ0v) is 15.3. The first-order valence-electron chi connectivity index (χ1n) is 9.70. The van der Waals surface area contributed by atoms with Crippen LogP contribution in [-0.4, -0.2) is 11.4 Å². The third kappa shape index (κ3) is 9.54. The van der Waals surface area contributed by atoms with E-state index in [1.54, 1.807) is 12.1 Å². The molecule has 0 aromatic heterocycles. The van der Waals surface area contributed by atoms with E-state index in [4.69, 9.17) is 0 Å². The molecular formula is C22H34O2. The van der Waals surface area contributed by atoms with Crippen LogP contribution in [0.4, 0.5) is 0 Å². The minimum atomic E-state index is 0.0994. The van der Waals surface area contributed by atoms with E-state index in [9.17, 15) is 9.90 Å². The molecule has 0 aliphatic carbocycles. The second-order valence-electron chi connectivity index (χ2n) is 6.64. The number of carbonyl (C=O) groups excluding carboxylic acids is 1. The number of hydrogen-bond donors (Lipinski definition) is 1. The van der Waals surface area contributed by atoms with Crippen molar-refractivity contribution in [2.24, 2.45) is 0 Å². The van der Waals surface area contributed by atoms with Gasteiger partial charge in [-0.25, -0.2) is 0 Å². The fraction of sp³-hybridized carbons (Fsp3) is 0.591. The normalized spacial score (nSPS) is 11.2. The Labute approximate surface area is 148 Å². The monoisotopic (exact) mass is 330 g/mol. The molecule has 24 heavy (non-hydrogen) atoms. The predicted molar refractivity (Wildman–Crippen MR) is 103 cm³/mol. The second-order valence-corrected chi connectivity index (χ2v) is 6.64. The summed E-state index contributed by atoms with van der Waals surface area (Å²) >= 11 is 0. The Morgan fingerprint density at radius 1 is 0.875 bits per heavy atom. The highest BCUT2D eigenvalue weighted by molar-refractivity contribution is 5.79. The van der Waals surface area contributed by atoms with Crippen molar-refractivity contribution < 1.29 is 9.90 Å². The van der Waals surface area contributed by atoms with Gasteiger partial charge in [0.15, 0.2) is 6.29 Å². The van der Waals surface area contributed by atoms with Crippen LogP contribution < -0.4 is 0 Å². The van der Waals surface area contributed by atoms with E-state index in [-0.39, 0.29) is 5.75 Å². The summed E-state index contributed by atoms with van der Waals surface area (Å²) in [5.74, 6) is 0.0994. The average molecular weight is 331 g/mol. The maximum atomic E-state index is 10.7. The fourth-order valence-electron chi connectivity index (χ4n) is 2.89. The van der Waals surface area contributed by atoms with Crippen molar-refractivity contribution in [3.8, 4) is 5.75 Å². The maximum Gasteiger partial charge on any atom is 0.153 e. The van der Waals surface area contributed by atoms with Gasteiger partial charge in [0.2, 0.25) is 0 Å². The molecule has 0 aliphatic heterocycles. The van der Waals surface area contributed by atoms with Gasteiger partial charge in [-0.05, 0) is 56.2 Å². The summed E-state index contributed by atoms with van der Waals surface area (Å²) in [5.41, 5.74) is 1.48. The maximum absolute atomic E-state index is 10.7. The summed E-state index contributed by atoms with van der Waals surface area (Å²) in [7, 11) is 0.